The smallest absolute Gasteiger partial charge is 0.328 e. The summed E-state index contributed by atoms with van der Waals surface area (Å²) in [5.41, 5.74) is 0.614. The summed E-state index contributed by atoms with van der Waals surface area (Å²) >= 11 is 0. The number of para-hydroxylation sites is 1. The number of aliphatic carboxylic acids is 1. The standard InChI is InChI=1S/C15H15NO5/c1-2-19-13-5-3-4-11(6-7-14(17)18)15(13)20-10-12-8-9-16-21-12/h3-9H,2,10H2,1H3,(H,17,18)/b7-6+. The molecule has 0 aliphatic rings. The van der Waals surface area contributed by atoms with Gasteiger partial charge in [-0.2, -0.15) is 0 Å². The fourth-order valence-electron chi connectivity index (χ4n) is 1.71. The molecule has 0 radical (unpaired) electrons. The van der Waals surface area contributed by atoms with Crippen LogP contribution in [0.5, 0.6) is 11.5 Å². The molecule has 1 N–H and O–H groups in total. The highest BCUT2D eigenvalue weighted by Crippen LogP contribution is 2.33. The molecule has 0 spiro atoms. The number of nitrogens with zero attached hydrogens (tertiary/aromatic N) is 1. The Labute approximate surface area is 121 Å². The van der Waals surface area contributed by atoms with Crippen molar-refractivity contribution in [3.05, 3.63) is 47.9 Å². The molecule has 1 heterocycles. The molecule has 0 saturated heterocycles. The van der Waals surface area contributed by atoms with Crippen molar-refractivity contribution in [1.82, 2.24) is 5.16 Å². The van der Waals surface area contributed by atoms with E-state index in [0.717, 1.165) is 6.08 Å². The lowest BCUT2D eigenvalue weighted by molar-refractivity contribution is -0.131. The lowest BCUT2D eigenvalue weighted by Gasteiger charge is -2.13. The Kier molecular flexibility index (Phi) is 4.98. The molecule has 0 aliphatic heterocycles. The Balaban J connectivity index is 2.26. The van der Waals surface area contributed by atoms with Gasteiger partial charge in [0, 0.05) is 17.7 Å². The number of hydrogen-bond acceptors (Lipinski definition) is 5. The van der Waals surface area contributed by atoms with Crippen LogP contribution in [0.1, 0.15) is 18.2 Å². The molecular weight excluding hydrogens is 274 g/mol. The van der Waals surface area contributed by atoms with Crippen LogP contribution in [-0.2, 0) is 11.4 Å². The first-order valence-corrected chi connectivity index (χ1v) is 6.40. The molecule has 1 aromatic heterocycles. The van der Waals surface area contributed by atoms with Crippen LogP contribution in [-0.4, -0.2) is 22.8 Å². The molecule has 0 fully saturated rings. The molecule has 0 aliphatic carbocycles. The predicted octanol–water partition coefficient (Wildman–Crippen LogP) is 2.75. The fourth-order valence-corrected chi connectivity index (χ4v) is 1.71. The summed E-state index contributed by atoms with van der Waals surface area (Å²) in [4.78, 5) is 10.7. The summed E-state index contributed by atoms with van der Waals surface area (Å²) in [7, 11) is 0. The van der Waals surface area contributed by atoms with Gasteiger partial charge in [0.2, 0.25) is 0 Å². The third-order valence-electron chi connectivity index (χ3n) is 2.56. The van der Waals surface area contributed by atoms with Crippen LogP contribution >= 0.6 is 0 Å². The molecule has 0 unspecified atom stereocenters. The van der Waals surface area contributed by atoms with Crippen molar-refractivity contribution in [3.63, 3.8) is 0 Å². The first-order chi connectivity index (χ1) is 10.2. The molecule has 0 bridgehead atoms. The number of ether oxygens (including phenoxy) is 2. The van der Waals surface area contributed by atoms with Crippen LogP contribution in [0.2, 0.25) is 0 Å². The van der Waals surface area contributed by atoms with Gasteiger partial charge in [-0.15, -0.1) is 0 Å². The molecule has 6 heteroatoms. The summed E-state index contributed by atoms with van der Waals surface area (Å²) < 4.78 is 16.2. The van der Waals surface area contributed by atoms with Crippen molar-refractivity contribution in [2.24, 2.45) is 0 Å². The second-order valence-electron chi connectivity index (χ2n) is 4.05. The third-order valence-corrected chi connectivity index (χ3v) is 2.56. The van der Waals surface area contributed by atoms with Gasteiger partial charge < -0.3 is 19.1 Å². The molecular formula is C15H15NO5. The highest BCUT2D eigenvalue weighted by atomic mass is 16.5. The topological polar surface area (TPSA) is 81.8 Å². The Morgan fingerprint density at radius 2 is 2.24 bits per heavy atom. The van der Waals surface area contributed by atoms with E-state index >= 15 is 0 Å². The van der Waals surface area contributed by atoms with Gasteiger partial charge in [0.1, 0.15) is 6.61 Å². The first kappa shape index (κ1) is 14.6. The zero-order chi connectivity index (χ0) is 15.1. The van der Waals surface area contributed by atoms with E-state index in [1.165, 1.54) is 12.3 Å². The average Bonchev–Trinajstić information content (AvgIpc) is 2.97. The molecule has 2 aromatic rings. The Morgan fingerprint density at radius 1 is 1.38 bits per heavy atom. The van der Waals surface area contributed by atoms with Crippen LogP contribution in [0, 0.1) is 0 Å². The van der Waals surface area contributed by atoms with E-state index in [1.807, 2.05) is 6.92 Å². The van der Waals surface area contributed by atoms with Gasteiger partial charge in [0.25, 0.3) is 0 Å². The number of aromatic nitrogens is 1. The Bertz CT molecular complexity index is 619. The second kappa shape index (κ2) is 7.14. The summed E-state index contributed by atoms with van der Waals surface area (Å²) in [6, 6.07) is 6.97. The highest BCUT2D eigenvalue weighted by molar-refractivity contribution is 5.86. The minimum atomic E-state index is -1.03. The fraction of sp³-hybridized carbons (Fsp3) is 0.200. The summed E-state index contributed by atoms with van der Waals surface area (Å²) in [6.45, 7) is 2.52. The van der Waals surface area contributed by atoms with E-state index in [9.17, 15) is 4.79 Å². The zero-order valence-electron chi connectivity index (χ0n) is 11.5. The molecule has 2 rings (SSSR count). The molecule has 6 nitrogen and oxygen atoms in total. The maximum absolute atomic E-state index is 10.7. The van der Waals surface area contributed by atoms with Gasteiger partial charge in [0.15, 0.2) is 17.3 Å². The van der Waals surface area contributed by atoms with Crippen LogP contribution in [0.4, 0.5) is 0 Å². The minimum absolute atomic E-state index is 0.179. The van der Waals surface area contributed by atoms with E-state index in [4.69, 9.17) is 19.1 Å². The van der Waals surface area contributed by atoms with E-state index < -0.39 is 5.97 Å². The number of carboxylic acids is 1. The third kappa shape index (κ3) is 4.10. The maximum atomic E-state index is 10.7. The van der Waals surface area contributed by atoms with Gasteiger partial charge in [-0.25, -0.2) is 4.79 Å². The highest BCUT2D eigenvalue weighted by Gasteiger charge is 2.11. The molecule has 1 aromatic carbocycles. The van der Waals surface area contributed by atoms with Crippen molar-refractivity contribution in [3.8, 4) is 11.5 Å². The number of carboxylic acid groups (broad SMARTS) is 1. The SMILES string of the molecule is CCOc1cccc(/C=C/C(=O)O)c1OCc1ccno1. The van der Waals surface area contributed by atoms with E-state index in [0.29, 0.717) is 29.4 Å². The summed E-state index contributed by atoms with van der Waals surface area (Å²) in [5, 5.41) is 12.3. The lowest BCUT2D eigenvalue weighted by Crippen LogP contribution is -2.01. The first-order valence-electron chi connectivity index (χ1n) is 6.40. The van der Waals surface area contributed by atoms with Crippen LogP contribution in [0.3, 0.4) is 0 Å². The van der Waals surface area contributed by atoms with Gasteiger partial charge in [-0.3, -0.25) is 0 Å². The van der Waals surface area contributed by atoms with E-state index in [-0.39, 0.29) is 6.61 Å². The Morgan fingerprint density at radius 3 is 2.90 bits per heavy atom. The van der Waals surface area contributed by atoms with Crippen molar-refractivity contribution < 1.29 is 23.9 Å². The molecule has 110 valence electrons. The normalized spacial score (nSPS) is 10.7. The summed E-state index contributed by atoms with van der Waals surface area (Å²) in [5.74, 6) is 0.547. The molecule has 0 saturated carbocycles. The number of rotatable bonds is 7. The number of hydrogen-bond donors (Lipinski definition) is 1. The van der Waals surface area contributed by atoms with Crippen LogP contribution in [0.15, 0.2) is 41.1 Å². The molecule has 0 amide bonds. The lowest BCUT2D eigenvalue weighted by atomic mass is 10.1. The monoisotopic (exact) mass is 289 g/mol. The van der Waals surface area contributed by atoms with Gasteiger partial charge >= 0.3 is 5.97 Å². The van der Waals surface area contributed by atoms with Crippen molar-refractivity contribution >= 4 is 12.0 Å². The van der Waals surface area contributed by atoms with E-state index in [2.05, 4.69) is 5.16 Å². The van der Waals surface area contributed by atoms with Crippen molar-refractivity contribution in [2.45, 2.75) is 13.5 Å². The van der Waals surface area contributed by atoms with Crippen LogP contribution in [0.25, 0.3) is 6.08 Å². The second-order valence-corrected chi connectivity index (χ2v) is 4.05. The quantitative estimate of drug-likeness (QED) is 0.789. The summed E-state index contributed by atoms with van der Waals surface area (Å²) in [6.07, 6.45) is 4.03. The minimum Gasteiger partial charge on any atom is -0.490 e. The number of benzene rings is 1. The largest absolute Gasteiger partial charge is 0.490 e. The molecule has 21 heavy (non-hydrogen) atoms. The van der Waals surface area contributed by atoms with Crippen LogP contribution < -0.4 is 9.47 Å². The van der Waals surface area contributed by atoms with Gasteiger partial charge in [0.05, 0.1) is 12.8 Å². The maximum Gasteiger partial charge on any atom is 0.328 e. The molecule has 0 atom stereocenters. The predicted molar refractivity (Wildman–Crippen MR) is 75.1 cm³/mol. The Hall–Kier alpha value is -2.76. The number of carbonyl (C=O) groups is 1. The zero-order valence-corrected chi connectivity index (χ0v) is 11.5. The van der Waals surface area contributed by atoms with Gasteiger partial charge in [-0.1, -0.05) is 17.3 Å². The average molecular weight is 289 g/mol. The van der Waals surface area contributed by atoms with E-state index in [1.54, 1.807) is 24.3 Å². The van der Waals surface area contributed by atoms with Crippen molar-refractivity contribution in [1.29, 1.82) is 0 Å². The van der Waals surface area contributed by atoms with Crippen molar-refractivity contribution in [2.75, 3.05) is 6.61 Å². The van der Waals surface area contributed by atoms with Gasteiger partial charge in [-0.05, 0) is 19.1 Å².